The van der Waals surface area contributed by atoms with Crippen LogP contribution in [0.4, 0.5) is 0 Å². The number of imide groups is 1. The number of carbonyl (C=O) groups excluding carboxylic acids is 3. The van der Waals surface area contributed by atoms with E-state index in [4.69, 9.17) is 4.74 Å². The van der Waals surface area contributed by atoms with Gasteiger partial charge in [0.2, 0.25) is 17.7 Å². The van der Waals surface area contributed by atoms with Gasteiger partial charge in [0, 0.05) is 24.6 Å². The predicted octanol–water partition coefficient (Wildman–Crippen LogP) is 1.63. The van der Waals surface area contributed by atoms with Gasteiger partial charge in [-0.25, -0.2) is 9.67 Å². The fourth-order valence-electron chi connectivity index (χ4n) is 4.17. The highest BCUT2D eigenvalue weighted by Crippen LogP contribution is 2.30. The number of pyridine rings is 1. The number of benzene rings is 1. The summed E-state index contributed by atoms with van der Waals surface area (Å²) in [6.45, 7) is 0.334. The van der Waals surface area contributed by atoms with E-state index in [-0.39, 0.29) is 24.3 Å². The van der Waals surface area contributed by atoms with Crippen LogP contribution in [0.1, 0.15) is 41.6 Å². The van der Waals surface area contributed by atoms with Crippen molar-refractivity contribution < 1.29 is 19.1 Å². The van der Waals surface area contributed by atoms with Gasteiger partial charge in [0.05, 0.1) is 17.6 Å². The van der Waals surface area contributed by atoms with E-state index < -0.39 is 11.9 Å². The third kappa shape index (κ3) is 3.63. The first-order chi connectivity index (χ1) is 16.0. The number of fused-ring (bicyclic) bond motifs is 1. The molecular formula is C23H20N6O4. The van der Waals surface area contributed by atoms with Crippen molar-refractivity contribution in [1.29, 1.82) is 0 Å². The van der Waals surface area contributed by atoms with Gasteiger partial charge < -0.3 is 9.64 Å². The molecule has 3 aromatic rings. The number of hydrogen-bond acceptors (Lipinski definition) is 7. The van der Waals surface area contributed by atoms with Crippen LogP contribution in [0, 0.1) is 0 Å². The van der Waals surface area contributed by atoms with E-state index in [0.29, 0.717) is 41.5 Å². The fraction of sp³-hybridized carbons (Fsp3) is 0.304. The molecule has 1 saturated carbocycles. The minimum Gasteiger partial charge on any atom is -0.474 e. The molecule has 2 aliphatic heterocycles. The van der Waals surface area contributed by atoms with E-state index in [9.17, 15) is 14.4 Å². The first-order valence-corrected chi connectivity index (χ1v) is 10.9. The van der Waals surface area contributed by atoms with Crippen molar-refractivity contribution in [3.8, 4) is 23.0 Å². The quantitative estimate of drug-likeness (QED) is 0.594. The Labute approximate surface area is 188 Å². The summed E-state index contributed by atoms with van der Waals surface area (Å²) in [6.07, 6.45) is 4.68. The van der Waals surface area contributed by atoms with E-state index in [1.54, 1.807) is 16.9 Å². The molecule has 0 radical (unpaired) electrons. The molecule has 10 nitrogen and oxygen atoms in total. The number of carbonyl (C=O) groups is 3. The van der Waals surface area contributed by atoms with Gasteiger partial charge in [-0.2, -0.15) is 0 Å². The molecule has 4 heterocycles. The summed E-state index contributed by atoms with van der Waals surface area (Å²) in [5, 5.41) is 10.8. The smallest absolute Gasteiger partial charge is 0.255 e. The zero-order valence-electron chi connectivity index (χ0n) is 17.6. The van der Waals surface area contributed by atoms with Crippen molar-refractivity contribution in [3.63, 3.8) is 0 Å². The maximum absolute atomic E-state index is 13.1. The van der Waals surface area contributed by atoms with Gasteiger partial charge in [0.15, 0.2) is 0 Å². The standard InChI is InChI=1S/C23H20N6O4/c30-20-9-8-19(22(31)25-20)28-11-13-4-5-14(10-16(13)23(28)32)29-12-18(26-27-29)17-2-1-3-21(24-17)33-15-6-7-15/h1-5,10,12,15,19H,6-9,11H2,(H,25,30,31). The van der Waals surface area contributed by atoms with E-state index in [2.05, 4.69) is 20.6 Å². The molecule has 166 valence electrons. The summed E-state index contributed by atoms with van der Waals surface area (Å²) in [4.78, 5) is 42.8. The summed E-state index contributed by atoms with van der Waals surface area (Å²) >= 11 is 0. The molecule has 1 aliphatic carbocycles. The molecule has 0 bridgehead atoms. The van der Waals surface area contributed by atoms with E-state index >= 15 is 0 Å². The molecule has 1 aromatic carbocycles. The molecule has 2 fully saturated rings. The highest BCUT2D eigenvalue weighted by atomic mass is 16.5. The summed E-state index contributed by atoms with van der Waals surface area (Å²) in [5.74, 6) is -0.382. The van der Waals surface area contributed by atoms with E-state index in [1.165, 1.54) is 4.90 Å². The molecule has 6 rings (SSSR count). The molecule has 10 heteroatoms. The maximum atomic E-state index is 13.1. The predicted molar refractivity (Wildman–Crippen MR) is 114 cm³/mol. The normalized spacial score (nSPS) is 20.1. The second-order valence-electron chi connectivity index (χ2n) is 8.47. The molecular weight excluding hydrogens is 424 g/mol. The van der Waals surface area contributed by atoms with E-state index in [1.807, 2.05) is 30.3 Å². The highest BCUT2D eigenvalue weighted by Gasteiger charge is 2.39. The largest absolute Gasteiger partial charge is 0.474 e. The lowest BCUT2D eigenvalue weighted by molar-refractivity contribution is -0.136. The second kappa shape index (κ2) is 7.51. The lowest BCUT2D eigenvalue weighted by atomic mass is 10.0. The monoisotopic (exact) mass is 444 g/mol. The Balaban J connectivity index is 1.24. The van der Waals surface area contributed by atoms with Gasteiger partial charge in [-0.1, -0.05) is 17.3 Å². The number of ether oxygens (including phenoxy) is 1. The molecule has 0 spiro atoms. The Morgan fingerprint density at radius 2 is 1.91 bits per heavy atom. The highest BCUT2D eigenvalue weighted by molar-refractivity contribution is 6.05. The summed E-state index contributed by atoms with van der Waals surface area (Å²) in [6, 6.07) is 10.4. The molecule has 1 N–H and O–H groups in total. The average Bonchev–Trinajstić information content (AvgIpc) is 3.37. The van der Waals surface area contributed by atoms with Crippen LogP contribution in [-0.2, 0) is 16.1 Å². The van der Waals surface area contributed by atoms with Crippen molar-refractivity contribution in [2.75, 3.05) is 0 Å². The van der Waals surface area contributed by atoms with Crippen LogP contribution < -0.4 is 10.1 Å². The zero-order chi connectivity index (χ0) is 22.5. The summed E-state index contributed by atoms with van der Waals surface area (Å²) in [5.41, 5.74) is 3.28. The Hall–Kier alpha value is -4.08. The summed E-state index contributed by atoms with van der Waals surface area (Å²) < 4.78 is 7.35. The van der Waals surface area contributed by atoms with Crippen LogP contribution >= 0.6 is 0 Å². The lowest BCUT2D eigenvalue weighted by Gasteiger charge is -2.29. The van der Waals surface area contributed by atoms with Crippen LogP contribution in [0.15, 0.2) is 42.6 Å². The molecule has 2 aromatic heterocycles. The Morgan fingerprint density at radius 3 is 2.73 bits per heavy atom. The SMILES string of the molecule is O=C1CCC(N2Cc3ccc(-n4cc(-c5cccc(OC6CC6)n5)nn4)cc3C2=O)C(=O)N1. The average molecular weight is 444 g/mol. The van der Waals surface area contributed by atoms with Crippen LogP contribution in [-0.4, -0.2) is 54.7 Å². The first-order valence-electron chi connectivity index (χ1n) is 10.9. The number of aromatic nitrogens is 4. The maximum Gasteiger partial charge on any atom is 0.255 e. The Morgan fingerprint density at radius 1 is 1.03 bits per heavy atom. The third-order valence-corrected chi connectivity index (χ3v) is 6.07. The minimum absolute atomic E-state index is 0.227. The van der Waals surface area contributed by atoms with Gasteiger partial charge in [0.25, 0.3) is 5.91 Å². The number of nitrogens with zero attached hydrogens (tertiary/aromatic N) is 5. The van der Waals surface area contributed by atoms with Gasteiger partial charge in [0.1, 0.15) is 17.8 Å². The van der Waals surface area contributed by atoms with Crippen LogP contribution in [0.25, 0.3) is 17.1 Å². The lowest BCUT2D eigenvalue weighted by Crippen LogP contribution is -2.52. The Bertz CT molecular complexity index is 1300. The molecule has 1 atom stereocenters. The molecule has 1 saturated heterocycles. The van der Waals surface area contributed by atoms with Gasteiger partial charge >= 0.3 is 0 Å². The van der Waals surface area contributed by atoms with Gasteiger partial charge in [-0.3, -0.25) is 19.7 Å². The number of rotatable bonds is 5. The third-order valence-electron chi connectivity index (χ3n) is 6.07. The van der Waals surface area contributed by atoms with Gasteiger partial charge in [-0.15, -0.1) is 5.10 Å². The molecule has 33 heavy (non-hydrogen) atoms. The molecule has 1 unspecified atom stereocenters. The zero-order valence-corrected chi connectivity index (χ0v) is 17.6. The van der Waals surface area contributed by atoms with E-state index in [0.717, 1.165) is 18.4 Å². The van der Waals surface area contributed by atoms with Gasteiger partial charge in [-0.05, 0) is 43.0 Å². The fourth-order valence-corrected chi connectivity index (χ4v) is 4.17. The van der Waals surface area contributed by atoms with Crippen LogP contribution in [0.5, 0.6) is 5.88 Å². The molecule has 3 aliphatic rings. The first kappa shape index (κ1) is 19.6. The number of nitrogens with one attached hydrogen (secondary N) is 1. The van der Waals surface area contributed by atoms with Crippen LogP contribution in [0.3, 0.4) is 0 Å². The second-order valence-corrected chi connectivity index (χ2v) is 8.47. The minimum atomic E-state index is -0.639. The van der Waals surface area contributed by atoms with Crippen molar-refractivity contribution in [1.82, 2.24) is 30.2 Å². The summed E-state index contributed by atoms with van der Waals surface area (Å²) in [7, 11) is 0. The van der Waals surface area contributed by atoms with Crippen molar-refractivity contribution in [2.24, 2.45) is 0 Å². The van der Waals surface area contributed by atoms with Crippen molar-refractivity contribution >= 4 is 17.7 Å². The Kier molecular flexibility index (Phi) is 4.46. The van der Waals surface area contributed by atoms with Crippen molar-refractivity contribution in [2.45, 2.75) is 44.4 Å². The number of amides is 3. The molecule has 3 amide bonds. The van der Waals surface area contributed by atoms with Crippen molar-refractivity contribution in [3.05, 3.63) is 53.7 Å². The number of piperidine rings is 1. The number of hydrogen-bond donors (Lipinski definition) is 1. The topological polar surface area (TPSA) is 119 Å². The van der Waals surface area contributed by atoms with Crippen LogP contribution in [0.2, 0.25) is 0 Å².